The van der Waals surface area contributed by atoms with Gasteiger partial charge in [0.1, 0.15) is 0 Å². The smallest absolute Gasteiger partial charge is 0.193 e. The van der Waals surface area contributed by atoms with E-state index < -0.39 is 0 Å². The van der Waals surface area contributed by atoms with Gasteiger partial charge in [0, 0.05) is 59.0 Å². The lowest BCUT2D eigenvalue weighted by Crippen LogP contribution is -2.41. The number of nitrogens with one attached hydrogen (secondary N) is 1. The Balaban J connectivity index is 1.63. The van der Waals surface area contributed by atoms with Gasteiger partial charge in [-0.1, -0.05) is 18.2 Å². The molecule has 1 aromatic rings. The summed E-state index contributed by atoms with van der Waals surface area (Å²) in [5, 5.41) is 3.50. The molecule has 0 spiro atoms. The third kappa shape index (κ3) is 6.84. The number of aliphatic imine (C=N–C) groups is 1. The number of hydrogen-bond donors (Lipinski definition) is 1. The van der Waals surface area contributed by atoms with E-state index in [9.17, 15) is 0 Å². The Bertz CT molecular complexity index is 524. The monoisotopic (exact) mass is 362 g/mol. The third-order valence-electron chi connectivity index (χ3n) is 4.73. The van der Waals surface area contributed by atoms with Crippen molar-refractivity contribution in [3.63, 3.8) is 0 Å². The first-order valence-electron chi connectivity index (χ1n) is 9.53. The van der Waals surface area contributed by atoms with Crippen LogP contribution in [0.1, 0.15) is 12.8 Å². The molecule has 0 radical (unpaired) electrons. The quantitative estimate of drug-likeness (QED) is 0.392. The minimum atomic E-state index is 0.578. The summed E-state index contributed by atoms with van der Waals surface area (Å²) < 4.78 is 10.7. The van der Waals surface area contributed by atoms with Crippen molar-refractivity contribution in [3.8, 4) is 0 Å². The van der Waals surface area contributed by atoms with Gasteiger partial charge in [0.2, 0.25) is 0 Å². The number of likely N-dealkylation sites (tertiary alicyclic amines) is 1. The molecule has 0 amide bonds. The first-order chi connectivity index (χ1) is 12.7. The van der Waals surface area contributed by atoms with E-state index >= 15 is 0 Å². The highest BCUT2D eigenvalue weighted by molar-refractivity contribution is 5.80. The molecule has 1 aliphatic heterocycles. The Morgan fingerprint density at radius 1 is 1.31 bits per heavy atom. The van der Waals surface area contributed by atoms with Gasteiger partial charge in [0.25, 0.3) is 0 Å². The van der Waals surface area contributed by atoms with Crippen LogP contribution in [0.5, 0.6) is 0 Å². The van der Waals surface area contributed by atoms with Crippen LogP contribution in [-0.4, -0.2) is 78.1 Å². The van der Waals surface area contributed by atoms with E-state index in [2.05, 4.69) is 57.5 Å². The minimum absolute atomic E-state index is 0.578. The van der Waals surface area contributed by atoms with Crippen LogP contribution >= 0.6 is 0 Å². The zero-order valence-electron chi connectivity index (χ0n) is 16.5. The molecule has 6 heteroatoms. The van der Waals surface area contributed by atoms with Crippen molar-refractivity contribution in [2.75, 3.05) is 72.1 Å². The molecule has 146 valence electrons. The molecule has 1 fully saturated rings. The molecule has 1 saturated heterocycles. The molecule has 1 aromatic carbocycles. The van der Waals surface area contributed by atoms with Crippen LogP contribution in [0.3, 0.4) is 0 Å². The van der Waals surface area contributed by atoms with Crippen molar-refractivity contribution >= 4 is 11.6 Å². The lowest BCUT2D eigenvalue weighted by atomic mass is 10.1. The molecule has 2 rings (SSSR count). The maximum absolute atomic E-state index is 5.67. The van der Waals surface area contributed by atoms with E-state index in [1.807, 2.05) is 7.05 Å². The molecular weight excluding hydrogens is 328 g/mol. The number of nitrogens with zero attached hydrogens (tertiary/aromatic N) is 3. The summed E-state index contributed by atoms with van der Waals surface area (Å²) in [6.45, 7) is 6.14. The van der Waals surface area contributed by atoms with E-state index in [-0.39, 0.29) is 0 Å². The van der Waals surface area contributed by atoms with Gasteiger partial charge in [-0.25, -0.2) is 0 Å². The predicted molar refractivity (Wildman–Crippen MR) is 108 cm³/mol. The van der Waals surface area contributed by atoms with Crippen molar-refractivity contribution < 1.29 is 9.47 Å². The first-order valence-corrected chi connectivity index (χ1v) is 9.53. The van der Waals surface area contributed by atoms with Crippen molar-refractivity contribution in [1.29, 1.82) is 0 Å². The van der Waals surface area contributed by atoms with Gasteiger partial charge >= 0.3 is 0 Å². The van der Waals surface area contributed by atoms with Gasteiger partial charge < -0.3 is 24.6 Å². The maximum atomic E-state index is 5.67. The van der Waals surface area contributed by atoms with Gasteiger partial charge in [0.15, 0.2) is 5.96 Å². The van der Waals surface area contributed by atoms with Crippen LogP contribution < -0.4 is 10.2 Å². The van der Waals surface area contributed by atoms with Crippen LogP contribution in [0.25, 0.3) is 0 Å². The second-order valence-corrected chi connectivity index (χ2v) is 6.75. The van der Waals surface area contributed by atoms with Crippen LogP contribution in [0.2, 0.25) is 0 Å². The highest BCUT2D eigenvalue weighted by Gasteiger charge is 2.24. The number of ether oxygens (including phenoxy) is 2. The number of anilines is 1. The van der Waals surface area contributed by atoms with E-state index in [1.165, 1.54) is 5.69 Å². The largest absolute Gasteiger partial charge is 0.382 e. The lowest BCUT2D eigenvalue weighted by Gasteiger charge is -2.23. The zero-order chi connectivity index (χ0) is 18.6. The van der Waals surface area contributed by atoms with Gasteiger partial charge in [-0.3, -0.25) is 4.99 Å². The van der Waals surface area contributed by atoms with Gasteiger partial charge in [-0.15, -0.1) is 0 Å². The fraction of sp³-hybridized carbons (Fsp3) is 0.650. The number of hydrogen-bond acceptors (Lipinski definition) is 4. The second kappa shape index (κ2) is 11.8. The highest BCUT2D eigenvalue weighted by Crippen LogP contribution is 2.16. The molecule has 1 aliphatic rings. The van der Waals surface area contributed by atoms with Crippen molar-refractivity contribution in [3.05, 3.63) is 30.3 Å². The van der Waals surface area contributed by atoms with Crippen LogP contribution in [-0.2, 0) is 9.47 Å². The molecular formula is C20H34N4O2. The molecule has 0 bridgehead atoms. The lowest BCUT2D eigenvalue weighted by molar-refractivity contribution is 0.0536. The van der Waals surface area contributed by atoms with Gasteiger partial charge in [0.05, 0.1) is 19.8 Å². The van der Waals surface area contributed by atoms with Crippen molar-refractivity contribution in [1.82, 2.24) is 10.2 Å². The average Bonchev–Trinajstić information content (AvgIpc) is 3.14. The van der Waals surface area contributed by atoms with E-state index in [4.69, 9.17) is 9.47 Å². The Morgan fingerprint density at radius 3 is 2.85 bits per heavy atom. The number of methoxy groups -OCH3 is 1. The topological polar surface area (TPSA) is 49.3 Å². The predicted octanol–water partition coefficient (Wildman–Crippen LogP) is 2.07. The first kappa shape index (κ1) is 20.5. The fourth-order valence-corrected chi connectivity index (χ4v) is 3.21. The molecule has 1 atom stereocenters. The highest BCUT2D eigenvalue weighted by atomic mass is 16.5. The molecule has 1 N–H and O–H groups in total. The Labute approximate surface area is 158 Å². The molecule has 0 aliphatic carbocycles. The second-order valence-electron chi connectivity index (χ2n) is 6.75. The molecule has 6 nitrogen and oxygen atoms in total. The van der Waals surface area contributed by atoms with Crippen molar-refractivity contribution in [2.45, 2.75) is 12.8 Å². The molecule has 1 unspecified atom stereocenters. The van der Waals surface area contributed by atoms with Crippen molar-refractivity contribution in [2.24, 2.45) is 10.9 Å². The molecule has 0 saturated carbocycles. The zero-order valence-corrected chi connectivity index (χ0v) is 16.5. The van der Waals surface area contributed by atoms with Gasteiger partial charge in [-0.2, -0.15) is 0 Å². The van der Waals surface area contributed by atoms with E-state index in [0.29, 0.717) is 19.1 Å². The summed E-state index contributed by atoms with van der Waals surface area (Å²) in [7, 11) is 5.70. The summed E-state index contributed by atoms with van der Waals surface area (Å²) in [4.78, 5) is 9.07. The maximum Gasteiger partial charge on any atom is 0.193 e. The number of benzene rings is 1. The minimum Gasteiger partial charge on any atom is -0.382 e. The Morgan fingerprint density at radius 2 is 2.12 bits per heavy atom. The summed E-state index contributed by atoms with van der Waals surface area (Å²) in [5.74, 6) is 1.58. The summed E-state index contributed by atoms with van der Waals surface area (Å²) >= 11 is 0. The van der Waals surface area contributed by atoms with E-state index in [0.717, 1.165) is 51.6 Å². The number of guanidine groups is 1. The average molecular weight is 363 g/mol. The third-order valence-corrected chi connectivity index (χ3v) is 4.73. The van der Waals surface area contributed by atoms with Crippen LogP contribution in [0.4, 0.5) is 5.69 Å². The number of para-hydroxylation sites is 1. The SMILES string of the molecule is CN=C(NCCCN(C)c1ccccc1)N1CCC(COCCOC)C1. The summed E-state index contributed by atoms with van der Waals surface area (Å²) in [6, 6.07) is 10.5. The molecule has 1 heterocycles. The number of rotatable bonds is 10. The summed E-state index contributed by atoms with van der Waals surface area (Å²) in [6.07, 6.45) is 2.23. The normalized spacial score (nSPS) is 17.6. The summed E-state index contributed by atoms with van der Waals surface area (Å²) in [5.41, 5.74) is 1.26. The van der Waals surface area contributed by atoms with Crippen LogP contribution in [0, 0.1) is 5.92 Å². The molecule has 0 aromatic heterocycles. The Kier molecular flexibility index (Phi) is 9.28. The van der Waals surface area contributed by atoms with Crippen LogP contribution in [0.15, 0.2) is 35.3 Å². The molecule has 26 heavy (non-hydrogen) atoms. The van der Waals surface area contributed by atoms with E-state index in [1.54, 1.807) is 7.11 Å². The Hall–Kier alpha value is -1.79. The van der Waals surface area contributed by atoms with Gasteiger partial charge in [-0.05, 0) is 25.0 Å². The fourth-order valence-electron chi connectivity index (χ4n) is 3.21. The standard InChI is InChI=1S/C20H34N4O2/c1-21-20(24-13-10-18(16-24)17-26-15-14-25-3)22-11-7-12-23(2)19-8-5-4-6-9-19/h4-6,8-9,18H,7,10-17H2,1-3H3,(H,21,22).